The van der Waals surface area contributed by atoms with Gasteiger partial charge in [-0.2, -0.15) is 0 Å². The molecule has 0 saturated carbocycles. The minimum absolute atomic E-state index is 0.0417. The Morgan fingerprint density at radius 3 is 2.50 bits per heavy atom. The highest BCUT2D eigenvalue weighted by atomic mass is 32.1. The molecule has 20 heavy (non-hydrogen) atoms. The number of hydrogen-bond donors (Lipinski definition) is 2. The molecule has 0 spiro atoms. The van der Waals surface area contributed by atoms with Crippen molar-refractivity contribution in [1.82, 2.24) is 5.32 Å². The number of aryl methyl sites for hydroxylation is 1. The summed E-state index contributed by atoms with van der Waals surface area (Å²) in [7, 11) is 0. The number of nitrogens with one attached hydrogen (secondary N) is 1. The molecule has 4 heteroatoms. The van der Waals surface area contributed by atoms with E-state index >= 15 is 0 Å². The number of thiocarbonyl (C=S) groups is 1. The van der Waals surface area contributed by atoms with Gasteiger partial charge in [0.15, 0.2) is 0 Å². The number of amides is 1. The van der Waals surface area contributed by atoms with E-state index in [0.29, 0.717) is 11.4 Å². The molecule has 0 aromatic heterocycles. The Hall–Kier alpha value is -1.42. The maximum atomic E-state index is 12.1. The van der Waals surface area contributed by atoms with Gasteiger partial charge in [-0.15, -0.1) is 0 Å². The van der Waals surface area contributed by atoms with E-state index < -0.39 is 0 Å². The van der Waals surface area contributed by atoms with Gasteiger partial charge in [0, 0.05) is 6.04 Å². The highest BCUT2D eigenvalue weighted by Crippen LogP contribution is 2.09. The Morgan fingerprint density at radius 1 is 1.30 bits per heavy atom. The van der Waals surface area contributed by atoms with Crippen molar-refractivity contribution in [2.45, 2.75) is 45.6 Å². The van der Waals surface area contributed by atoms with Gasteiger partial charge in [0.05, 0.1) is 10.9 Å². The quantitative estimate of drug-likeness (QED) is 0.724. The molecule has 0 aliphatic heterocycles. The first-order valence-electron chi connectivity index (χ1n) is 7.18. The van der Waals surface area contributed by atoms with E-state index in [0.717, 1.165) is 19.3 Å². The zero-order chi connectivity index (χ0) is 15.0. The fraction of sp³-hybridized carbons (Fsp3) is 0.500. The van der Waals surface area contributed by atoms with Crippen LogP contribution in [0.15, 0.2) is 30.3 Å². The largest absolute Gasteiger partial charge is 0.393 e. The Kier molecular flexibility index (Phi) is 7.23. The number of nitrogens with two attached hydrogens (primary N) is 1. The van der Waals surface area contributed by atoms with Gasteiger partial charge < -0.3 is 11.1 Å². The van der Waals surface area contributed by atoms with E-state index in [-0.39, 0.29) is 17.9 Å². The summed E-state index contributed by atoms with van der Waals surface area (Å²) in [4.78, 5) is 12.4. The summed E-state index contributed by atoms with van der Waals surface area (Å²) < 4.78 is 0. The molecule has 0 radical (unpaired) electrons. The molecule has 2 unspecified atom stereocenters. The predicted octanol–water partition coefficient (Wildman–Crippen LogP) is 2.83. The van der Waals surface area contributed by atoms with Gasteiger partial charge in [-0.1, -0.05) is 55.9 Å². The van der Waals surface area contributed by atoms with Crippen molar-refractivity contribution in [2.75, 3.05) is 0 Å². The van der Waals surface area contributed by atoms with E-state index in [2.05, 4.69) is 17.4 Å². The lowest BCUT2D eigenvalue weighted by atomic mass is 10.0. The first kappa shape index (κ1) is 16.6. The van der Waals surface area contributed by atoms with Crippen molar-refractivity contribution in [3.05, 3.63) is 35.9 Å². The second-order valence-corrected chi connectivity index (χ2v) is 5.65. The first-order chi connectivity index (χ1) is 9.54. The van der Waals surface area contributed by atoms with Crippen LogP contribution in [0, 0.1) is 5.92 Å². The lowest BCUT2D eigenvalue weighted by Gasteiger charge is -2.19. The number of hydrogen-bond acceptors (Lipinski definition) is 2. The number of carbonyl (C=O) groups excluding carboxylic acids is 1. The molecule has 0 aliphatic rings. The smallest absolute Gasteiger partial charge is 0.230 e. The normalized spacial score (nSPS) is 13.5. The van der Waals surface area contributed by atoms with Crippen molar-refractivity contribution in [1.29, 1.82) is 0 Å². The minimum atomic E-state index is -0.339. The lowest BCUT2D eigenvalue weighted by Crippen LogP contribution is -2.42. The monoisotopic (exact) mass is 292 g/mol. The molecule has 1 rings (SSSR count). The van der Waals surface area contributed by atoms with Crippen LogP contribution in [0.1, 0.15) is 38.7 Å². The van der Waals surface area contributed by atoms with Crippen LogP contribution < -0.4 is 11.1 Å². The Balaban J connectivity index is 2.42. The fourth-order valence-corrected chi connectivity index (χ4v) is 2.36. The number of rotatable bonds is 8. The molecule has 1 aromatic rings. The summed E-state index contributed by atoms with van der Waals surface area (Å²) in [6.45, 7) is 4.04. The lowest BCUT2D eigenvalue weighted by molar-refractivity contribution is -0.123. The Morgan fingerprint density at radius 2 is 1.95 bits per heavy atom. The molecule has 0 aliphatic carbocycles. The maximum Gasteiger partial charge on any atom is 0.230 e. The average molecular weight is 292 g/mol. The van der Waals surface area contributed by atoms with Crippen molar-refractivity contribution >= 4 is 23.1 Å². The zero-order valence-electron chi connectivity index (χ0n) is 12.3. The summed E-state index contributed by atoms with van der Waals surface area (Å²) in [6, 6.07) is 10.4. The van der Waals surface area contributed by atoms with Crippen LogP contribution >= 0.6 is 12.2 Å². The average Bonchev–Trinajstić information content (AvgIpc) is 2.43. The van der Waals surface area contributed by atoms with Gasteiger partial charge in [-0.3, -0.25) is 4.79 Å². The van der Waals surface area contributed by atoms with Gasteiger partial charge in [0.1, 0.15) is 0 Å². The van der Waals surface area contributed by atoms with Crippen molar-refractivity contribution < 1.29 is 4.79 Å². The van der Waals surface area contributed by atoms with Crippen LogP contribution in [-0.4, -0.2) is 16.9 Å². The SMILES string of the molecule is CCCC(C(=O)NC(C)CCc1ccccc1)C(N)=S. The van der Waals surface area contributed by atoms with Crippen LogP contribution in [0.5, 0.6) is 0 Å². The molecule has 3 N–H and O–H groups in total. The molecule has 0 bridgehead atoms. The predicted molar refractivity (Wildman–Crippen MR) is 87.6 cm³/mol. The molecule has 0 heterocycles. The van der Waals surface area contributed by atoms with Gasteiger partial charge in [0.2, 0.25) is 5.91 Å². The summed E-state index contributed by atoms with van der Waals surface area (Å²) >= 11 is 4.97. The summed E-state index contributed by atoms with van der Waals surface area (Å²) in [5.74, 6) is -0.380. The zero-order valence-corrected chi connectivity index (χ0v) is 13.1. The van der Waals surface area contributed by atoms with E-state index in [1.165, 1.54) is 5.56 Å². The first-order valence-corrected chi connectivity index (χ1v) is 7.59. The van der Waals surface area contributed by atoms with Crippen molar-refractivity contribution in [3.8, 4) is 0 Å². The molecule has 110 valence electrons. The molecule has 0 saturated heterocycles. The third-order valence-corrected chi connectivity index (χ3v) is 3.62. The molecule has 1 amide bonds. The highest BCUT2D eigenvalue weighted by molar-refractivity contribution is 7.80. The van der Waals surface area contributed by atoms with Crippen molar-refractivity contribution in [2.24, 2.45) is 11.7 Å². The molecule has 2 atom stereocenters. The van der Waals surface area contributed by atoms with Gasteiger partial charge in [0.25, 0.3) is 0 Å². The van der Waals surface area contributed by atoms with E-state index in [1.54, 1.807) is 0 Å². The van der Waals surface area contributed by atoms with Gasteiger partial charge in [-0.25, -0.2) is 0 Å². The number of benzene rings is 1. The highest BCUT2D eigenvalue weighted by Gasteiger charge is 2.21. The van der Waals surface area contributed by atoms with Gasteiger partial charge in [-0.05, 0) is 31.7 Å². The standard InChI is InChI=1S/C16H24N2OS/c1-3-7-14(15(17)20)16(19)18-12(2)10-11-13-8-5-4-6-9-13/h4-6,8-9,12,14H,3,7,10-11H2,1-2H3,(H2,17,20)(H,18,19). The minimum Gasteiger partial charge on any atom is -0.393 e. The van der Waals surface area contributed by atoms with E-state index in [1.807, 2.05) is 32.0 Å². The second kappa shape index (κ2) is 8.69. The second-order valence-electron chi connectivity index (χ2n) is 5.18. The maximum absolute atomic E-state index is 12.1. The molecular formula is C16H24N2OS. The molecule has 0 fully saturated rings. The van der Waals surface area contributed by atoms with Crippen LogP contribution in [0.2, 0.25) is 0 Å². The molecular weight excluding hydrogens is 268 g/mol. The molecule has 1 aromatic carbocycles. The third-order valence-electron chi connectivity index (χ3n) is 3.33. The van der Waals surface area contributed by atoms with E-state index in [4.69, 9.17) is 18.0 Å². The number of carbonyl (C=O) groups is 1. The van der Waals surface area contributed by atoms with Crippen LogP contribution in [0.3, 0.4) is 0 Å². The fourth-order valence-electron chi connectivity index (χ4n) is 2.13. The Labute approximate surface area is 126 Å². The summed E-state index contributed by atoms with van der Waals surface area (Å²) in [6.07, 6.45) is 3.47. The third kappa shape index (κ3) is 5.70. The summed E-state index contributed by atoms with van der Waals surface area (Å²) in [5.41, 5.74) is 6.92. The van der Waals surface area contributed by atoms with Gasteiger partial charge >= 0.3 is 0 Å². The van der Waals surface area contributed by atoms with E-state index in [9.17, 15) is 4.79 Å². The summed E-state index contributed by atoms with van der Waals surface area (Å²) in [5, 5.41) is 3.01. The Bertz CT molecular complexity index is 433. The van der Waals surface area contributed by atoms with Crippen LogP contribution in [0.25, 0.3) is 0 Å². The van der Waals surface area contributed by atoms with Crippen molar-refractivity contribution in [3.63, 3.8) is 0 Å². The van der Waals surface area contributed by atoms with Crippen LogP contribution in [-0.2, 0) is 11.2 Å². The topological polar surface area (TPSA) is 55.1 Å². The van der Waals surface area contributed by atoms with Crippen LogP contribution in [0.4, 0.5) is 0 Å². The molecule has 3 nitrogen and oxygen atoms in total.